The van der Waals surface area contributed by atoms with Gasteiger partial charge in [0.05, 0.1) is 11.7 Å². The van der Waals surface area contributed by atoms with Crippen molar-refractivity contribution in [2.45, 2.75) is 30.2 Å². The smallest absolute Gasteiger partial charge is 0.251 e. The van der Waals surface area contributed by atoms with E-state index in [9.17, 15) is 13.2 Å². The highest BCUT2D eigenvalue weighted by Gasteiger charge is 2.71. The Hall–Kier alpha value is -2.58. The zero-order valence-corrected chi connectivity index (χ0v) is 17.1. The average Bonchev–Trinajstić information content (AvgIpc) is 2.98. The summed E-state index contributed by atoms with van der Waals surface area (Å²) in [5, 5.41) is 3.71. The summed E-state index contributed by atoms with van der Waals surface area (Å²) in [5.74, 6) is 0.477. The van der Waals surface area contributed by atoms with Gasteiger partial charge in [-0.1, -0.05) is 17.7 Å². The van der Waals surface area contributed by atoms with Crippen molar-refractivity contribution in [2.24, 2.45) is 0 Å². The molecule has 1 aromatic heterocycles. The number of benzene rings is 2. The van der Waals surface area contributed by atoms with Gasteiger partial charge in [0.25, 0.3) is 5.91 Å². The van der Waals surface area contributed by atoms with Crippen molar-refractivity contribution in [3.63, 3.8) is 0 Å². The lowest BCUT2D eigenvalue weighted by molar-refractivity contribution is -0.0955. The van der Waals surface area contributed by atoms with Crippen molar-refractivity contribution in [1.29, 1.82) is 0 Å². The van der Waals surface area contributed by atoms with Crippen LogP contribution in [0.1, 0.15) is 35.5 Å². The molecule has 29 heavy (non-hydrogen) atoms. The number of halogens is 1. The van der Waals surface area contributed by atoms with E-state index in [1.165, 1.54) is 6.07 Å². The van der Waals surface area contributed by atoms with Crippen LogP contribution in [-0.2, 0) is 15.4 Å². The Balaban J connectivity index is 1.28. The molecule has 3 aromatic rings. The van der Waals surface area contributed by atoms with Crippen LogP contribution >= 0.6 is 11.6 Å². The van der Waals surface area contributed by atoms with E-state index in [1.807, 2.05) is 6.07 Å². The first kappa shape index (κ1) is 18.4. The van der Waals surface area contributed by atoms with Gasteiger partial charge in [-0.05, 0) is 55.7 Å². The van der Waals surface area contributed by atoms with Crippen LogP contribution in [0.5, 0.6) is 0 Å². The van der Waals surface area contributed by atoms with Gasteiger partial charge in [-0.25, -0.2) is 13.4 Å². The van der Waals surface area contributed by atoms with Gasteiger partial charge in [-0.3, -0.25) is 9.52 Å². The molecule has 6 rings (SSSR count). The molecule has 3 fully saturated rings. The minimum absolute atomic E-state index is 0.127. The third-order valence-corrected chi connectivity index (χ3v) is 6.48. The summed E-state index contributed by atoms with van der Waals surface area (Å²) >= 11 is 6.02. The predicted octanol–water partition coefficient (Wildman–Crippen LogP) is 3.46. The molecular formula is C20H18ClN3O4S. The Bertz CT molecular complexity index is 1250. The Labute approximate surface area is 172 Å². The number of aromatic nitrogens is 1. The third kappa shape index (κ3) is 3.16. The van der Waals surface area contributed by atoms with Crippen molar-refractivity contribution in [3.8, 4) is 0 Å². The molecule has 3 saturated carbocycles. The van der Waals surface area contributed by atoms with E-state index in [2.05, 4.69) is 15.0 Å². The number of hydrogen-bond acceptors (Lipinski definition) is 5. The Morgan fingerprint density at radius 1 is 1.17 bits per heavy atom. The summed E-state index contributed by atoms with van der Waals surface area (Å²) in [6.07, 6.45) is 3.38. The van der Waals surface area contributed by atoms with Gasteiger partial charge >= 0.3 is 0 Å². The summed E-state index contributed by atoms with van der Waals surface area (Å²) in [6, 6.07) is 11.8. The molecule has 0 atom stereocenters. The molecule has 0 spiro atoms. The van der Waals surface area contributed by atoms with E-state index in [-0.39, 0.29) is 16.9 Å². The number of rotatable bonds is 5. The fourth-order valence-electron chi connectivity index (χ4n) is 4.53. The number of fused-ring (bicyclic) bond motifs is 1. The molecule has 3 aliphatic rings. The van der Waals surface area contributed by atoms with E-state index in [0.29, 0.717) is 27.7 Å². The predicted molar refractivity (Wildman–Crippen MR) is 110 cm³/mol. The maximum Gasteiger partial charge on any atom is 0.251 e. The molecule has 7 nitrogen and oxygen atoms in total. The molecule has 2 bridgehead atoms. The molecule has 3 aliphatic carbocycles. The fraction of sp³-hybridized carbons (Fsp3) is 0.300. The molecule has 2 N–H and O–H groups in total. The highest BCUT2D eigenvalue weighted by molar-refractivity contribution is 7.92. The maximum atomic E-state index is 12.7. The molecular weight excluding hydrogens is 414 g/mol. The number of carbonyl (C=O) groups excluding carboxylic acids is 1. The second-order valence-electron chi connectivity index (χ2n) is 8.13. The topological polar surface area (TPSA) is 101 Å². The summed E-state index contributed by atoms with van der Waals surface area (Å²) in [4.78, 5) is 17.3. The number of oxazole rings is 1. The molecule has 1 amide bonds. The van der Waals surface area contributed by atoms with Crippen LogP contribution in [0.4, 0.5) is 5.69 Å². The number of anilines is 1. The van der Waals surface area contributed by atoms with Crippen LogP contribution in [0.2, 0.25) is 5.02 Å². The van der Waals surface area contributed by atoms with E-state index >= 15 is 0 Å². The number of nitrogens with zero attached hydrogens (tertiary/aromatic N) is 1. The zero-order valence-electron chi connectivity index (χ0n) is 15.5. The lowest BCUT2D eigenvalue weighted by atomic mass is 9.39. The summed E-state index contributed by atoms with van der Waals surface area (Å²) in [7, 11) is -3.40. The molecule has 0 unspecified atom stereocenters. The number of hydrogen-bond donors (Lipinski definition) is 2. The Morgan fingerprint density at radius 2 is 1.93 bits per heavy atom. The van der Waals surface area contributed by atoms with Crippen molar-refractivity contribution in [3.05, 3.63) is 58.9 Å². The van der Waals surface area contributed by atoms with E-state index < -0.39 is 10.0 Å². The molecule has 2 aromatic carbocycles. The SMILES string of the molecule is CS(=O)(=O)Nc1cccc(C(=O)NC23CC(c4nc5cc(Cl)ccc5o4)(C2)C3)c1. The first-order valence-corrected chi connectivity index (χ1v) is 11.4. The van der Waals surface area contributed by atoms with Gasteiger partial charge in [0.15, 0.2) is 5.58 Å². The van der Waals surface area contributed by atoms with E-state index in [4.69, 9.17) is 16.0 Å². The first-order valence-electron chi connectivity index (χ1n) is 9.12. The fourth-order valence-corrected chi connectivity index (χ4v) is 5.25. The van der Waals surface area contributed by atoms with Gasteiger partial charge in [-0.2, -0.15) is 0 Å². The molecule has 0 aliphatic heterocycles. The average molecular weight is 432 g/mol. The molecule has 9 heteroatoms. The normalized spacial score (nSPS) is 25.2. The standard InChI is InChI=1S/C20H18ClN3O4S/c1-29(26,27)24-14-4-2-3-12(7-14)17(25)23-20-9-19(10-20,11-20)18-22-15-8-13(21)5-6-16(15)28-18/h2-8,24H,9-11H2,1H3,(H,23,25). The van der Waals surface area contributed by atoms with Crippen molar-refractivity contribution in [2.75, 3.05) is 11.0 Å². The largest absolute Gasteiger partial charge is 0.440 e. The summed E-state index contributed by atoms with van der Waals surface area (Å²) in [5.41, 5.74) is 1.84. The number of amides is 1. The van der Waals surface area contributed by atoms with Crippen LogP contribution in [-0.4, -0.2) is 31.1 Å². The van der Waals surface area contributed by atoms with Gasteiger partial charge in [0.2, 0.25) is 15.9 Å². The van der Waals surface area contributed by atoms with E-state index in [1.54, 1.807) is 30.3 Å². The zero-order chi connectivity index (χ0) is 20.4. The summed E-state index contributed by atoms with van der Waals surface area (Å²) < 4.78 is 31.1. The highest BCUT2D eigenvalue weighted by Crippen LogP contribution is 2.67. The minimum atomic E-state index is -3.40. The van der Waals surface area contributed by atoms with Gasteiger partial charge in [0, 0.05) is 21.8 Å². The van der Waals surface area contributed by atoms with Crippen LogP contribution in [0.15, 0.2) is 46.9 Å². The molecule has 0 saturated heterocycles. The number of sulfonamides is 1. The van der Waals surface area contributed by atoms with Crippen molar-refractivity contribution < 1.29 is 17.6 Å². The molecule has 0 radical (unpaired) electrons. The van der Waals surface area contributed by atoms with Crippen molar-refractivity contribution >= 4 is 44.3 Å². The Morgan fingerprint density at radius 3 is 2.66 bits per heavy atom. The first-order chi connectivity index (χ1) is 13.7. The second kappa shape index (κ2) is 5.96. The highest BCUT2D eigenvalue weighted by atomic mass is 35.5. The third-order valence-electron chi connectivity index (χ3n) is 5.64. The maximum absolute atomic E-state index is 12.7. The van der Waals surface area contributed by atoms with Gasteiger partial charge < -0.3 is 9.73 Å². The van der Waals surface area contributed by atoms with Crippen LogP contribution in [0.3, 0.4) is 0 Å². The molecule has 150 valence electrons. The number of nitrogens with one attached hydrogen (secondary N) is 2. The quantitative estimate of drug-likeness (QED) is 0.644. The van der Waals surface area contributed by atoms with E-state index in [0.717, 1.165) is 31.0 Å². The van der Waals surface area contributed by atoms with Crippen molar-refractivity contribution in [1.82, 2.24) is 10.3 Å². The van der Waals surface area contributed by atoms with Gasteiger partial charge in [-0.15, -0.1) is 0 Å². The minimum Gasteiger partial charge on any atom is -0.440 e. The lowest BCUT2D eigenvalue weighted by Crippen LogP contribution is -2.76. The monoisotopic (exact) mass is 431 g/mol. The Kier molecular flexibility index (Phi) is 3.79. The summed E-state index contributed by atoms with van der Waals surface area (Å²) in [6.45, 7) is 0. The second-order valence-corrected chi connectivity index (χ2v) is 10.3. The van der Waals surface area contributed by atoms with Gasteiger partial charge in [0.1, 0.15) is 5.52 Å². The van der Waals surface area contributed by atoms with Crippen LogP contribution < -0.4 is 10.0 Å². The molecule has 1 heterocycles. The lowest BCUT2D eigenvalue weighted by Gasteiger charge is -2.68. The van der Waals surface area contributed by atoms with Crippen LogP contribution in [0.25, 0.3) is 11.1 Å². The number of carbonyl (C=O) groups is 1. The van der Waals surface area contributed by atoms with Crippen LogP contribution in [0, 0.1) is 0 Å².